The molecule has 1 N–H and O–H groups in total. The van der Waals surface area contributed by atoms with Crippen LogP contribution in [0.15, 0.2) is 35.7 Å². The summed E-state index contributed by atoms with van der Waals surface area (Å²) in [4.78, 5) is 25.1. The lowest BCUT2D eigenvalue weighted by Gasteiger charge is -2.28. The molecule has 0 radical (unpaired) electrons. The van der Waals surface area contributed by atoms with Crippen molar-refractivity contribution in [2.45, 2.75) is 4.90 Å². The number of thioether (sulfide) groups is 1. The van der Waals surface area contributed by atoms with Gasteiger partial charge in [-0.25, -0.2) is 9.59 Å². The Morgan fingerprint density at radius 3 is 3.00 bits per heavy atom. The molecule has 6 heteroatoms. The monoisotopic (exact) mass is 279 g/mol. The van der Waals surface area contributed by atoms with Crippen molar-refractivity contribution < 1.29 is 19.4 Å². The zero-order valence-corrected chi connectivity index (χ0v) is 11.0. The summed E-state index contributed by atoms with van der Waals surface area (Å²) >= 11 is 1.53. The van der Waals surface area contributed by atoms with E-state index in [0.717, 1.165) is 4.90 Å². The van der Waals surface area contributed by atoms with Gasteiger partial charge in [0.05, 0.1) is 11.3 Å². The van der Waals surface area contributed by atoms with E-state index in [2.05, 4.69) is 6.58 Å². The highest BCUT2D eigenvalue weighted by Crippen LogP contribution is 2.35. The maximum atomic E-state index is 11.9. The summed E-state index contributed by atoms with van der Waals surface area (Å²) in [6, 6.07) is 4.70. The largest absolute Gasteiger partial charge is 0.478 e. The van der Waals surface area contributed by atoms with Crippen molar-refractivity contribution in [1.29, 1.82) is 0 Å². The highest BCUT2D eigenvalue weighted by atomic mass is 32.2. The molecule has 0 saturated heterocycles. The van der Waals surface area contributed by atoms with Crippen LogP contribution in [-0.2, 0) is 4.74 Å². The van der Waals surface area contributed by atoms with E-state index in [9.17, 15) is 9.59 Å². The Hall–Kier alpha value is -1.95. The third-order valence-corrected chi connectivity index (χ3v) is 3.64. The number of anilines is 1. The summed E-state index contributed by atoms with van der Waals surface area (Å²) in [6.45, 7) is 4.19. The second-order valence-corrected chi connectivity index (χ2v) is 4.99. The average molecular weight is 279 g/mol. The standard InChI is InChI=1S/C13H13NO4S/c1-2-6-18-13(17)14-5-7-19-11-8-9(12(15)16)3-4-10(11)14/h2-4,8H,1,5-7H2,(H,15,16). The van der Waals surface area contributed by atoms with Gasteiger partial charge in [-0.2, -0.15) is 0 Å². The van der Waals surface area contributed by atoms with Crippen LogP contribution >= 0.6 is 11.8 Å². The van der Waals surface area contributed by atoms with Crippen molar-refractivity contribution >= 4 is 29.5 Å². The molecule has 0 unspecified atom stereocenters. The third kappa shape index (κ3) is 2.90. The molecule has 0 fully saturated rings. The number of rotatable bonds is 3. The van der Waals surface area contributed by atoms with Gasteiger partial charge in [0.25, 0.3) is 0 Å². The molecular weight excluding hydrogens is 266 g/mol. The van der Waals surface area contributed by atoms with Crippen molar-refractivity contribution in [1.82, 2.24) is 0 Å². The minimum absolute atomic E-state index is 0.158. The van der Waals surface area contributed by atoms with Gasteiger partial charge in [-0.3, -0.25) is 4.90 Å². The van der Waals surface area contributed by atoms with Gasteiger partial charge in [0.15, 0.2) is 0 Å². The van der Waals surface area contributed by atoms with Crippen LogP contribution in [0.5, 0.6) is 0 Å². The van der Waals surface area contributed by atoms with Crippen molar-refractivity contribution in [3.05, 3.63) is 36.4 Å². The number of amides is 1. The van der Waals surface area contributed by atoms with Crippen molar-refractivity contribution in [2.75, 3.05) is 23.8 Å². The number of fused-ring (bicyclic) bond motifs is 1. The van der Waals surface area contributed by atoms with Crippen molar-refractivity contribution in [3.63, 3.8) is 0 Å². The molecule has 1 aromatic carbocycles. The van der Waals surface area contributed by atoms with Crippen LogP contribution in [-0.4, -0.2) is 36.1 Å². The Kier molecular flexibility index (Phi) is 4.11. The van der Waals surface area contributed by atoms with Crippen LogP contribution in [0.4, 0.5) is 10.5 Å². The number of carbonyl (C=O) groups excluding carboxylic acids is 1. The first-order chi connectivity index (χ1) is 9.13. The zero-order valence-electron chi connectivity index (χ0n) is 10.2. The van der Waals surface area contributed by atoms with Gasteiger partial charge in [0.2, 0.25) is 0 Å². The van der Waals surface area contributed by atoms with Gasteiger partial charge in [0, 0.05) is 17.2 Å². The number of ether oxygens (including phenoxy) is 1. The first-order valence-electron chi connectivity index (χ1n) is 5.69. The Morgan fingerprint density at radius 1 is 1.53 bits per heavy atom. The smallest absolute Gasteiger partial charge is 0.414 e. The van der Waals surface area contributed by atoms with Gasteiger partial charge in [0.1, 0.15) is 6.61 Å². The van der Waals surface area contributed by atoms with E-state index in [1.54, 1.807) is 12.1 Å². The molecule has 1 heterocycles. The van der Waals surface area contributed by atoms with Gasteiger partial charge in [-0.05, 0) is 18.2 Å². The fourth-order valence-electron chi connectivity index (χ4n) is 1.75. The Bertz CT molecular complexity index is 529. The number of hydrogen-bond donors (Lipinski definition) is 1. The lowest BCUT2D eigenvalue weighted by molar-refractivity contribution is 0.0696. The van der Waals surface area contributed by atoms with E-state index in [1.165, 1.54) is 28.8 Å². The van der Waals surface area contributed by atoms with Crippen LogP contribution in [0, 0.1) is 0 Å². The van der Waals surface area contributed by atoms with E-state index in [4.69, 9.17) is 9.84 Å². The molecule has 0 spiro atoms. The van der Waals surface area contributed by atoms with Gasteiger partial charge in [-0.1, -0.05) is 12.7 Å². The van der Waals surface area contributed by atoms with E-state index in [0.29, 0.717) is 18.0 Å². The number of nitrogens with zero attached hydrogens (tertiary/aromatic N) is 1. The van der Waals surface area contributed by atoms with Crippen molar-refractivity contribution in [2.24, 2.45) is 0 Å². The second-order valence-electron chi connectivity index (χ2n) is 3.85. The van der Waals surface area contributed by atoms with Crippen molar-refractivity contribution in [3.8, 4) is 0 Å². The predicted octanol–water partition coefficient (Wildman–Crippen LogP) is 2.62. The molecular formula is C13H13NO4S. The molecule has 0 bridgehead atoms. The van der Waals surface area contributed by atoms with Crippen LogP contribution in [0.25, 0.3) is 0 Å². The van der Waals surface area contributed by atoms with Crippen LogP contribution < -0.4 is 4.90 Å². The molecule has 0 saturated carbocycles. The molecule has 1 aliphatic heterocycles. The molecule has 1 amide bonds. The summed E-state index contributed by atoms with van der Waals surface area (Å²) in [5.41, 5.74) is 0.905. The summed E-state index contributed by atoms with van der Waals surface area (Å²) in [6.07, 6.45) is 1.06. The van der Waals surface area contributed by atoms with E-state index in [-0.39, 0.29) is 12.2 Å². The van der Waals surface area contributed by atoms with E-state index in [1.807, 2.05) is 0 Å². The first-order valence-corrected chi connectivity index (χ1v) is 6.67. The van der Waals surface area contributed by atoms with Gasteiger partial charge < -0.3 is 9.84 Å². The van der Waals surface area contributed by atoms with Crippen LogP contribution in [0.3, 0.4) is 0 Å². The number of carboxylic acids is 1. The summed E-state index contributed by atoms with van der Waals surface area (Å²) in [7, 11) is 0. The first kappa shape index (κ1) is 13.5. The molecule has 100 valence electrons. The normalized spacial score (nSPS) is 13.6. The number of carbonyl (C=O) groups is 2. The fraction of sp³-hybridized carbons (Fsp3) is 0.231. The van der Waals surface area contributed by atoms with Gasteiger partial charge in [-0.15, -0.1) is 11.8 Å². The maximum Gasteiger partial charge on any atom is 0.414 e. The number of benzene rings is 1. The minimum Gasteiger partial charge on any atom is -0.478 e. The molecule has 19 heavy (non-hydrogen) atoms. The summed E-state index contributed by atoms with van der Waals surface area (Å²) in [5.74, 6) is -0.269. The molecule has 5 nitrogen and oxygen atoms in total. The summed E-state index contributed by atoms with van der Waals surface area (Å²) in [5, 5.41) is 8.95. The Balaban J connectivity index is 2.26. The lowest BCUT2D eigenvalue weighted by atomic mass is 10.2. The van der Waals surface area contributed by atoms with Gasteiger partial charge >= 0.3 is 12.1 Å². The molecule has 2 rings (SSSR count). The molecule has 1 aliphatic rings. The molecule has 1 aromatic rings. The predicted molar refractivity (Wildman–Crippen MR) is 73.0 cm³/mol. The minimum atomic E-state index is -0.977. The average Bonchev–Trinajstić information content (AvgIpc) is 2.43. The van der Waals surface area contributed by atoms with Crippen LogP contribution in [0.1, 0.15) is 10.4 Å². The summed E-state index contributed by atoms with van der Waals surface area (Å²) < 4.78 is 5.01. The van der Waals surface area contributed by atoms with E-state index >= 15 is 0 Å². The van der Waals surface area contributed by atoms with E-state index < -0.39 is 12.1 Å². The highest BCUT2D eigenvalue weighted by Gasteiger charge is 2.24. The Labute approximate surface area is 114 Å². The second kappa shape index (κ2) is 5.79. The fourth-order valence-corrected chi connectivity index (χ4v) is 2.78. The molecule has 0 aromatic heterocycles. The lowest BCUT2D eigenvalue weighted by Crippen LogP contribution is -2.36. The maximum absolute atomic E-state index is 11.9. The van der Waals surface area contributed by atoms with Crippen LogP contribution in [0.2, 0.25) is 0 Å². The topological polar surface area (TPSA) is 66.8 Å². The molecule has 0 aliphatic carbocycles. The number of carboxylic acid groups (broad SMARTS) is 1. The number of hydrogen-bond acceptors (Lipinski definition) is 4. The Morgan fingerprint density at radius 2 is 2.32 bits per heavy atom. The quantitative estimate of drug-likeness (QED) is 0.861. The molecule has 0 atom stereocenters. The zero-order chi connectivity index (χ0) is 13.8. The third-order valence-electron chi connectivity index (χ3n) is 2.62. The highest BCUT2D eigenvalue weighted by molar-refractivity contribution is 7.99. The SMILES string of the molecule is C=CCOC(=O)N1CCSc2cc(C(=O)O)ccc21. The number of aromatic carboxylic acids is 1.